The van der Waals surface area contributed by atoms with Crippen LogP contribution in [0.2, 0.25) is 0 Å². The molecule has 0 spiro atoms. The first kappa shape index (κ1) is 11.7. The number of methoxy groups -OCH3 is 1. The molecule has 72 valence electrons. The van der Waals surface area contributed by atoms with Crippen LogP contribution in [0.5, 0.6) is 0 Å². The van der Waals surface area contributed by atoms with Gasteiger partial charge in [0.1, 0.15) is 0 Å². The van der Waals surface area contributed by atoms with Gasteiger partial charge in [0.25, 0.3) is 0 Å². The summed E-state index contributed by atoms with van der Waals surface area (Å²) in [4.78, 5) is 11.0. The van der Waals surface area contributed by atoms with E-state index in [9.17, 15) is 4.79 Å². The molecule has 0 fully saturated rings. The summed E-state index contributed by atoms with van der Waals surface area (Å²) in [6, 6.07) is 0.167. The van der Waals surface area contributed by atoms with E-state index in [-0.39, 0.29) is 11.9 Å². The highest BCUT2D eigenvalue weighted by molar-refractivity contribution is 6.18. The Balaban J connectivity index is 3.40. The molecule has 0 radical (unpaired) electrons. The largest absolute Gasteiger partial charge is 0.385 e. The molecule has 0 heterocycles. The van der Waals surface area contributed by atoms with E-state index in [2.05, 4.69) is 5.32 Å². The lowest BCUT2D eigenvalue weighted by molar-refractivity contribution is -0.121. The third kappa shape index (κ3) is 6.43. The van der Waals surface area contributed by atoms with Gasteiger partial charge in [-0.2, -0.15) is 0 Å². The molecule has 0 aromatic carbocycles. The van der Waals surface area contributed by atoms with Gasteiger partial charge in [0.15, 0.2) is 0 Å². The maximum atomic E-state index is 11.0. The summed E-state index contributed by atoms with van der Waals surface area (Å²) in [5, 5.41) is 2.81. The Hall–Kier alpha value is -0.280. The number of carbonyl (C=O) groups excluding carboxylic acids is 1. The number of carbonyl (C=O) groups is 1. The molecule has 4 heteroatoms. The van der Waals surface area contributed by atoms with Crippen LogP contribution in [-0.2, 0) is 9.53 Å². The lowest BCUT2D eigenvalue weighted by atomic mass is 10.2. The fourth-order valence-electron chi connectivity index (χ4n) is 0.800. The highest BCUT2D eigenvalue weighted by Gasteiger charge is 2.05. The van der Waals surface area contributed by atoms with Crippen LogP contribution in [0.4, 0.5) is 0 Å². The van der Waals surface area contributed by atoms with Crippen molar-refractivity contribution in [2.45, 2.75) is 25.8 Å². The van der Waals surface area contributed by atoms with Gasteiger partial charge in [0.05, 0.1) is 0 Å². The second-order valence-electron chi connectivity index (χ2n) is 2.69. The molecule has 1 amide bonds. The van der Waals surface area contributed by atoms with Crippen molar-refractivity contribution in [3.05, 3.63) is 0 Å². The average molecular weight is 194 g/mol. The van der Waals surface area contributed by atoms with E-state index in [4.69, 9.17) is 16.3 Å². The molecule has 1 unspecified atom stereocenters. The molecule has 0 saturated carbocycles. The van der Waals surface area contributed by atoms with Crippen molar-refractivity contribution in [3.8, 4) is 0 Å². The molecule has 0 rings (SSSR count). The van der Waals surface area contributed by atoms with E-state index in [1.165, 1.54) is 0 Å². The van der Waals surface area contributed by atoms with Crippen LogP contribution in [0.1, 0.15) is 19.8 Å². The number of amides is 1. The predicted octanol–water partition coefficient (Wildman–Crippen LogP) is 1.16. The quantitative estimate of drug-likeness (QED) is 0.643. The number of ether oxygens (including phenoxy) is 1. The molecule has 0 aromatic rings. The van der Waals surface area contributed by atoms with Crippen molar-refractivity contribution in [1.29, 1.82) is 0 Å². The normalized spacial score (nSPS) is 12.6. The highest BCUT2D eigenvalue weighted by Crippen LogP contribution is 1.92. The molecule has 0 aliphatic carbocycles. The number of rotatable bonds is 6. The number of hydrogen-bond acceptors (Lipinski definition) is 2. The van der Waals surface area contributed by atoms with Crippen molar-refractivity contribution in [2.24, 2.45) is 0 Å². The Morgan fingerprint density at radius 3 is 2.83 bits per heavy atom. The summed E-state index contributed by atoms with van der Waals surface area (Å²) < 4.78 is 4.88. The maximum Gasteiger partial charge on any atom is 0.221 e. The number of nitrogens with one attached hydrogen (secondary N) is 1. The van der Waals surface area contributed by atoms with Gasteiger partial charge in [-0.25, -0.2) is 0 Å². The number of alkyl halides is 1. The van der Waals surface area contributed by atoms with Crippen molar-refractivity contribution in [1.82, 2.24) is 5.32 Å². The molecule has 3 nitrogen and oxygen atoms in total. The van der Waals surface area contributed by atoms with E-state index >= 15 is 0 Å². The molecule has 0 aliphatic rings. The standard InChI is InChI=1S/C8H16ClNO2/c1-7(4-6-12-2)10-8(11)3-5-9/h7H,3-6H2,1-2H3,(H,10,11). The Kier molecular flexibility index (Phi) is 7.20. The summed E-state index contributed by atoms with van der Waals surface area (Å²) in [7, 11) is 1.65. The first-order valence-corrected chi connectivity index (χ1v) is 4.58. The van der Waals surface area contributed by atoms with Crippen molar-refractivity contribution in [2.75, 3.05) is 19.6 Å². The second kappa shape index (κ2) is 7.37. The van der Waals surface area contributed by atoms with Gasteiger partial charge in [-0.15, -0.1) is 11.6 Å². The average Bonchev–Trinajstić information content (AvgIpc) is 2.01. The minimum Gasteiger partial charge on any atom is -0.385 e. The van der Waals surface area contributed by atoms with Gasteiger partial charge in [0.2, 0.25) is 5.91 Å². The summed E-state index contributed by atoms with van der Waals surface area (Å²) in [6.07, 6.45) is 1.23. The zero-order chi connectivity index (χ0) is 9.40. The number of hydrogen-bond donors (Lipinski definition) is 1. The summed E-state index contributed by atoms with van der Waals surface area (Å²) in [6.45, 7) is 2.62. The monoisotopic (exact) mass is 193 g/mol. The fraction of sp³-hybridized carbons (Fsp3) is 0.875. The summed E-state index contributed by atoms with van der Waals surface area (Å²) >= 11 is 5.40. The minimum absolute atomic E-state index is 0.00797. The Morgan fingerprint density at radius 1 is 1.67 bits per heavy atom. The first-order valence-electron chi connectivity index (χ1n) is 4.05. The van der Waals surface area contributed by atoms with Crippen LogP contribution in [0.3, 0.4) is 0 Å². The fourth-order valence-corrected chi connectivity index (χ4v) is 0.971. The zero-order valence-electron chi connectivity index (χ0n) is 7.60. The molecular formula is C8H16ClNO2. The Morgan fingerprint density at radius 2 is 2.33 bits per heavy atom. The van der Waals surface area contributed by atoms with Crippen LogP contribution in [0.25, 0.3) is 0 Å². The summed E-state index contributed by atoms with van der Waals surface area (Å²) in [5.74, 6) is 0.386. The van der Waals surface area contributed by atoms with Gasteiger partial charge in [-0.3, -0.25) is 4.79 Å². The van der Waals surface area contributed by atoms with E-state index in [1.807, 2.05) is 6.92 Å². The third-order valence-corrected chi connectivity index (χ3v) is 1.67. The molecule has 0 saturated heterocycles. The van der Waals surface area contributed by atoms with Gasteiger partial charge in [-0.05, 0) is 13.3 Å². The maximum absolute atomic E-state index is 11.0. The lowest BCUT2D eigenvalue weighted by Crippen LogP contribution is -2.33. The van der Waals surface area contributed by atoms with Crippen LogP contribution < -0.4 is 5.32 Å². The highest BCUT2D eigenvalue weighted by atomic mass is 35.5. The Labute approximate surface area is 78.4 Å². The molecular weight excluding hydrogens is 178 g/mol. The smallest absolute Gasteiger partial charge is 0.221 e. The topological polar surface area (TPSA) is 38.3 Å². The predicted molar refractivity (Wildman–Crippen MR) is 49.4 cm³/mol. The van der Waals surface area contributed by atoms with Gasteiger partial charge >= 0.3 is 0 Å². The van der Waals surface area contributed by atoms with Crippen LogP contribution in [0, 0.1) is 0 Å². The Bertz CT molecular complexity index is 130. The van der Waals surface area contributed by atoms with E-state index in [0.29, 0.717) is 18.9 Å². The van der Waals surface area contributed by atoms with E-state index in [0.717, 1.165) is 6.42 Å². The van der Waals surface area contributed by atoms with Crippen LogP contribution in [0.15, 0.2) is 0 Å². The SMILES string of the molecule is COCCC(C)NC(=O)CCCl. The van der Waals surface area contributed by atoms with Gasteiger partial charge in [0, 0.05) is 32.1 Å². The lowest BCUT2D eigenvalue weighted by Gasteiger charge is -2.12. The zero-order valence-corrected chi connectivity index (χ0v) is 8.36. The third-order valence-electron chi connectivity index (χ3n) is 1.48. The van der Waals surface area contributed by atoms with E-state index in [1.54, 1.807) is 7.11 Å². The van der Waals surface area contributed by atoms with E-state index < -0.39 is 0 Å². The van der Waals surface area contributed by atoms with Gasteiger partial charge < -0.3 is 10.1 Å². The summed E-state index contributed by atoms with van der Waals surface area (Å²) in [5.41, 5.74) is 0. The number of halogens is 1. The molecule has 1 N–H and O–H groups in total. The second-order valence-corrected chi connectivity index (χ2v) is 3.07. The van der Waals surface area contributed by atoms with Crippen molar-refractivity contribution < 1.29 is 9.53 Å². The van der Waals surface area contributed by atoms with Crippen molar-refractivity contribution in [3.63, 3.8) is 0 Å². The molecule has 0 bridgehead atoms. The molecule has 12 heavy (non-hydrogen) atoms. The minimum atomic E-state index is 0.00797. The van der Waals surface area contributed by atoms with Crippen LogP contribution >= 0.6 is 11.6 Å². The molecule has 0 aromatic heterocycles. The van der Waals surface area contributed by atoms with Gasteiger partial charge in [-0.1, -0.05) is 0 Å². The van der Waals surface area contributed by atoms with Crippen molar-refractivity contribution >= 4 is 17.5 Å². The molecule has 0 aliphatic heterocycles. The van der Waals surface area contributed by atoms with Crippen LogP contribution in [-0.4, -0.2) is 31.5 Å². The molecule has 1 atom stereocenters. The first-order chi connectivity index (χ1) is 5.70.